The summed E-state index contributed by atoms with van der Waals surface area (Å²) in [6.45, 7) is 1.81. The van der Waals surface area contributed by atoms with Crippen LogP contribution in [-0.2, 0) is 9.59 Å². The van der Waals surface area contributed by atoms with Gasteiger partial charge in [-0.05, 0) is 67.6 Å². The fourth-order valence-corrected chi connectivity index (χ4v) is 5.05. The molecule has 44 heavy (non-hydrogen) atoms. The van der Waals surface area contributed by atoms with E-state index in [1.807, 2.05) is 31.2 Å². The molecule has 0 spiro atoms. The van der Waals surface area contributed by atoms with Crippen molar-refractivity contribution < 1.29 is 28.6 Å². The third-order valence-electron chi connectivity index (χ3n) is 6.42. The number of amides is 3. The zero-order chi connectivity index (χ0) is 31.5. The summed E-state index contributed by atoms with van der Waals surface area (Å²) in [7, 11) is 4.57. The van der Waals surface area contributed by atoms with Crippen LogP contribution in [0.1, 0.15) is 22.8 Å². The second-order valence-corrected chi connectivity index (χ2v) is 10.8. The van der Waals surface area contributed by atoms with Crippen molar-refractivity contribution in [2.24, 2.45) is 0 Å². The third kappa shape index (κ3) is 8.20. The van der Waals surface area contributed by atoms with E-state index in [0.717, 1.165) is 4.90 Å². The Balaban J connectivity index is 1.49. The number of hydrogen-bond donors (Lipinski definition) is 3. The first-order valence-electron chi connectivity index (χ1n) is 13.6. The predicted molar refractivity (Wildman–Crippen MR) is 173 cm³/mol. The number of benzene rings is 4. The van der Waals surface area contributed by atoms with Gasteiger partial charge in [-0.2, -0.15) is 0 Å². The predicted octanol–water partition coefficient (Wildman–Crippen LogP) is 6.24. The number of para-hydroxylation sites is 3. The molecule has 4 aromatic rings. The Labute approximate surface area is 260 Å². The van der Waals surface area contributed by atoms with Gasteiger partial charge in [-0.25, -0.2) is 0 Å². The molecule has 0 aliphatic carbocycles. The van der Waals surface area contributed by atoms with Crippen molar-refractivity contribution in [1.82, 2.24) is 5.32 Å². The van der Waals surface area contributed by atoms with E-state index >= 15 is 0 Å². The normalized spacial score (nSPS) is 11.6. The highest BCUT2D eigenvalue weighted by atomic mass is 32.2. The molecule has 3 N–H and O–H groups in total. The maximum absolute atomic E-state index is 13.5. The van der Waals surface area contributed by atoms with Crippen LogP contribution < -0.4 is 30.2 Å². The first-order chi connectivity index (χ1) is 21.3. The van der Waals surface area contributed by atoms with Crippen molar-refractivity contribution in [2.45, 2.75) is 17.1 Å². The minimum absolute atomic E-state index is 0.00508. The average Bonchev–Trinajstić information content (AvgIpc) is 3.05. The Bertz CT molecular complexity index is 1640. The van der Waals surface area contributed by atoms with Gasteiger partial charge in [0.25, 0.3) is 11.8 Å². The van der Waals surface area contributed by atoms with Crippen molar-refractivity contribution >= 4 is 46.9 Å². The Morgan fingerprint density at radius 1 is 0.727 bits per heavy atom. The summed E-state index contributed by atoms with van der Waals surface area (Å²) < 4.78 is 16.2. The molecule has 10 heteroatoms. The zero-order valence-electron chi connectivity index (χ0n) is 24.8. The van der Waals surface area contributed by atoms with Crippen molar-refractivity contribution in [3.05, 3.63) is 114 Å². The van der Waals surface area contributed by atoms with Gasteiger partial charge >= 0.3 is 0 Å². The lowest BCUT2D eigenvalue weighted by Gasteiger charge is -2.15. The molecule has 0 aliphatic heterocycles. The number of thioether (sulfide) groups is 1. The number of ether oxygens (including phenoxy) is 3. The molecule has 0 fully saturated rings. The van der Waals surface area contributed by atoms with Crippen molar-refractivity contribution in [3.63, 3.8) is 0 Å². The minimum Gasteiger partial charge on any atom is -0.495 e. The fraction of sp³-hybridized carbons (Fsp3) is 0.147. The lowest BCUT2D eigenvalue weighted by molar-refractivity contribution is -0.115. The molecule has 0 heterocycles. The Morgan fingerprint density at radius 3 is 2.07 bits per heavy atom. The average molecular weight is 612 g/mol. The number of carbonyl (C=O) groups excluding carboxylic acids is 3. The summed E-state index contributed by atoms with van der Waals surface area (Å²) in [6, 6.07) is 28.1. The standard InChI is InChI=1S/C34H33N3O6S/c1-22(32(38)36-27-14-8-9-15-29(27)41-2)44-26-19-17-25(18-20-26)35-34(40)28(37-33(39)23-11-6-5-7-12-23)21-24-13-10-16-30(42-3)31(24)43-4/h5-22H,1-4H3,(H,35,40)(H,36,38)(H,37,39)/b28-21-. The summed E-state index contributed by atoms with van der Waals surface area (Å²) in [6.07, 6.45) is 1.53. The topological polar surface area (TPSA) is 115 Å². The highest BCUT2D eigenvalue weighted by Gasteiger charge is 2.19. The zero-order valence-corrected chi connectivity index (χ0v) is 25.6. The quantitative estimate of drug-likeness (QED) is 0.128. The van der Waals surface area contributed by atoms with Gasteiger partial charge in [-0.1, -0.05) is 42.5 Å². The molecular formula is C34H33N3O6S. The summed E-state index contributed by atoms with van der Waals surface area (Å²) in [5.41, 5.74) is 2.04. The van der Waals surface area contributed by atoms with Gasteiger partial charge in [0.2, 0.25) is 5.91 Å². The Kier molecular flexibility index (Phi) is 11.0. The lowest BCUT2D eigenvalue weighted by atomic mass is 10.1. The van der Waals surface area contributed by atoms with Crippen LogP contribution >= 0.6 is 11.8 Å². The van der Waals surface area contributed by atoms with Crippen LogP contribution in [-0.4, -0.2) is 44.3 Å². The van der Waals surface area contributed by atoms with E-state index in [9.17, 15) is 14.4 Å². The molecule has 0 aliphatic rings. The highest BCUT2D eigenvalue weighted by Crippen LogP contribution is 2.32. The van der Waals surface area contributed by atoms with Gasteiger partial charge in [-0.3, -0.25) is 14.4 Å². The number of hydrogen-bond acceptors (Lipinski definition) is 7. The van der Waals surface area contributed by atoms with Gasteiger partial charge in [0.05, 0.1) is 32.3 Å². The highest BCUT2D eigenvalue weighted by molar-refractivity contribution is 8.00. The number of rotatable bonds is 12. The number of nitrogens with one attached hydrogen (secondary N) is 3. The minimum atomic E-state index is -0.538. The summed E-state index contributed by atoms with van der Waals surface area (Å²) in [5, 5.41) is 8.05. The Morgan fingerprint density at radius 2 is 1.39 bits per heavy atom. The van der Waals surface area contributed by atoms with Crippen LogP contribution in [0, 0.1) is 0 Å². The van der Waals surface area contributed by atoms with Gasteiger partial charge in [0, 0.05) is 21.7 Å². The molecule has 226 valence electrons. The molecule has 4 rings (SSSR count). The smallest absolute Gasteiger partial charge is 0.272 e. The van der Waals surface area contributed by atoms with E-state index in [4.69, 9.17) is 14.2 Å². The van der Waals surface area contributed by atoms with Crippen molar-refractivity contribution in [1.29, 1.82) is 0 Å². The second kappa shape index (κ2) is 15.3. The largest absolute Gasteiger partial charge is 0.495 e. The van der Waals surface area contributed by atoms with Gasteiger partial charge in [0.1, 0.15) is 11.4 Å². The first kappa shape index (κ1) is 31.7. The van der Waals surface area contributed by atoms with E-state index in [0.29, 0.717) is 39.8 Å². The molecule has 1 unspecified atom stereocenters. The molecule has 9 nitrogen and oxygen atoms in total. The summed E-state index contributed by atoms with van der Waals surface area (Å²) in [5.74, 6) is 0.323. The fourth-order valence-electron chi connectivity index (χ4n) is 4.18. The first-order valence-corrected chi connectivity index (χ1v) is 14.5. The van der Waals surface area contributed by atoms with E-state index in [2.05, 4.69) is 16.0 Å². The number of methoxy groups -OCH3 is 3. The van der Waals surface area contributed by atoms with Crippen molar-refractivity contribution in [3.8, 4) is 17.2 Å². The summed E-state index contributed by atoms with van der Waals surface area (Å²) >= 11 is 1.37. The van der Waals surface area contributed by atoms with Crippen LogP contribution in [0.3, 0.4) is 0 Å². The van der Waals surface area contributed by atoms with Gasteiger partial charge in [-0.15, -0.1) is 11.8 Å². The van der Waals surface area contributed by atoms with E-state index in [-0.39, 0.29) is 11.6 Å². The maximum atomic E-state index is 13.5. The molecule has 0 bridgehead atoms. The van der Waals surface area contributed by atoms with E-state index in [1.165, 1.54) is 32.1 Å². The van der Waals surface area contributed by atoms with Crippen molar-refractivity contribution in [2.75, 3.05) is 32.0 Å². The lowest BCUT2D eigenvalue weighted by Crippen LogP contribution is -2.30. The molecule has 0 saturated heterocycles. The number of carbonyl (C=O) groups is 3. The molecule has 3 amide bonds. The monoisotopic (exact) mass is 611 g/mol. The van der Waals surface area contributed by atoms with Gasteiger partial charge in [0.15, 0.2) is 11.5 Å². The molecule has 0 aromatic heterocycles. The van der Waals surface area contributed by atoms with E-state index < -0.39 is 17.1 Å². The summed E-state index contributed by atoms with van der Waals surface area (Å²) in [4.78, 5) is 40.1. The second-order valence-electron chi connectivity index (χ2n) is 9.39. The molecular weight excluding hydrogens is 578 g/mol. The Hall–Kier alpha value is -5.22. The van der Waals surface area contributed by atoms with Crippen LogP contribution in [0.5, 0.6) is 17.2 Å². The van der Waals surface area contributed by atoms with Crippen LogP contribution in [0.15, 0.2) is 108 Å². The van der Waals surface area contributed by atoms with Crippen LogP contribution in [0.25, 0.3) is 6.08 Å². The molecule has 0 saturated carbocycles. The van der Waals surface area contributed by atoms with E-state index in [1.54, 1.807) is 79.9 Å². The SMILES string of the molecule is COc1ccccc1NC(=O)C(C)Sc1ccc(NC(=O)/C(=C/c2cccc(OC)c2OC)NC(=O)c2ccccc2)cc1. The van der Waals surface area contributed by atoms with Gasteiger partial charge < -0.3 is 30.2 Å². The molecule has 4 aromatic carbocycles. The van der Waals surface area contributed by atoms with Crippen LogP contribution in [0.2, 0.25) is 0 Å². The van der Waals surface area contributed by atoms with Crippen LogP contribution in [0.4, 0.5) is 11.4 Å². The molecule has 1 atom stereocenters. The third-order valence-corrected chi connectivity index (χ3v) is 7.53. The number of anilines is 2. The maximum Gasteiger partial charge on any atom is 0.272 e. The molecule has 0 radical (unpaired) electrons.